The molecule has 1 saturated carbocycles. The van der Waals surface area contributed by atoms with Gasteiger partial charge in [0, 0.05) is 13.1 Å². The Morgan fingerprint density at radius 2 is 1.83 bits per heavy atom. The number of amides is 2. The van der Waals surface area contributed by atoms with E-state index in [2.05, 4.69) is 31.4 Å². The van der Waals surface area contributed by atoms with Gasteiger partial charge in [-0.25, -0.2) is 4.79 Å². The van der Waals surface area contributed by atoms with Gasteiger partial charge in [-0.3, -0.25) is 0 Å². The maximum Gasteiger partial charge on any atom is 0.314 e. The van der Waals surface area contributed by atoms with E-state index in [9.17, 15) is 9.90 Å². The van der Waals surface area contributed by atoms with Gasteiger partial charge in [-0.05, 0) is 31.1 Å². The van der Waals surface area contributed by atoms with Crippen molar-refractivity contribution in [3.8, 4) is 0 Å². The molecule has 1 fully saturated rings. The van der Waals surface area contributed by atoms with Crippen LogP contribution < -0.4 is 10.6 Å². The van der Waals surface area contributed by atoms with E-state index in [0.29, 0.717) is 18.5 Å². The molecular formula is C14H28N2O2. The molecule has 18 heavy (non-hydrogen) atoms. The highest BCUT2D eigenvalue weighted by atomic mass is 16.3. The lowest BCUT2D eigenvalue weighted by Crippen LogP contribution is -2.45. The highest BCUT2D eigenvalue weighted by Gasteiger charge is 2.31. The van der Waals surface area contributed by atoms with Crippen LogP contribution in [0.1, 0.15) is 59.3 Å². The van der Waals surface area contributed by atoms with Crippen molar-refractivity contribution in [2.45, 2.75) is 64.9 Å². The molecule has 3 N–H and O–H groups in total. The largest absolute Gasteiger partial charge is 0.388 e. The van der Waals surface area contributed by atoms with Crippen molar-refractivity contribution < 1.29 is 9.90 Å². The SMILES string of the molecule is CC(C)(C)CCCNC(=O)NCC1(O)CCCC1. The predicted octanol–water partition coefficient (Wildman–Crippen LogP) is 2.42. The average Bonchev–Trinajstić information content (AvgIpc) is 2.68. The molecule has 0 saturated heterocycles. The molecular weight excluding hydrogens is 228 g/mol. The Hall–Kier alpha value is -0.770. The lowest BCUT2D eigenvalue weighted by Gasteiger charge is -2.22. The molecule has 1 aliphatic rings. The molecule has 4 nitrogen and oxygen atoms in total. The van der Waals surface area contributed by atoms with Crippen molar-refractivity contribution in [3.05, 3.63) is 0 Å². The molecule has 0 aromatic rings. The first-order valence-corrected chi connectivity index (χ1v) is 7.05. The van der Waals surface area contributed by atoms with Crippen LogP contribution in [0.25, 0.3) is 0 Å². The summed E-state index contributed by atoms with van der Waals surface area (Å²) in [5, 5.41) is 15.7. The van der Waals surface area contributed by atoms with Gasteiger partial charge in [-0.15, -0.1) is 0 Å². The summed E-state index contributed by atoms with van der Waals surface area (Å²) < 4.78 is 0. The summed E-state index contributed by atoms with van der Waals surface area (Å²) in [6.45, 7) is 7.66. The molecule has 0 unspecified atom stereocenters. The maximum atomic E-state index is 11.5. The number of rotatable bonds is 5. The Morgan fingerprint density at radius 3 is 2.39 bits per heavy atom. The van der Waals surface area contributed by atoms with Gasteiger partial charge in [-0.2, -0.15) is 0 Å². The molecule has 0 atom stereocenters. The van der Waals surface area contributed by atoms with Gasteiger partial charge >= 0.3 is 6.03 Å². The van der Waals surface area contributed by atoms with Gasteiger partial charge in [0.15, 0.2) is 0 Å². The van der Waals surface area contributed by atoms with Gasteiger partial charge in [-0.1, -0.05) is 33.6 Å². The van der Waals surface area contributed by atoms with Crippen LogP contribution in [-0.2, 0) is 0 Å². The molecule has 1 rings (SSSR count). The Balaban J connectivity index is 2.07. The normalized spacial score (nSPS) is 18.7. The number of aliphatic hydroxyl groups is 1. The first-order chi connectivity index (χ1) is 8.31. The Bertz CT molecular complexity index is 265. The molecule has 0 bridgehead atoms. The van der Waals surface area contributed by atoms with E-state index in [1.165, 1.54) is 0 Å². The Morgan fingerprint density at radius 1 is 1.22 bits per heavy atom. The number of hydrogen-bond acceptors (Lipinski definition) is 2. The number of urea groups is 1. The number of nitrogens with one attached hydrogen (secondary N) is 2. The molecule has 0 aliphatic heterocycles. The second-order valence-corrected chi connectivity index (χ2v) is 6.71. The Kier molecular flexibility index (Phi) is 5.45. The summed E-state index contributed by atoms with van der Waals surface area (Å²) >= 11 is 0. The van der Waals surface area contributed by atoms with Crippen LogP contribution in [0.15, 0.2) is 0 Å². The lowest BCUT2D eigenvalue weighted by atomic mass is 9.91. The minimum Gasteiger partial charge on any atom is -0.388 e. The van der Waals surface area contributed by atoms with Crippen LogP contribution >= 0.6 is 0 Å². The average molecular weight is 256 g/mol. The van der Waals surface area contributed by atoms with Crippen LogP contribution in [-0.4, -0.2) is 29.8 Å². The second kappa shape index (κ2) is 6.41. The third-order valence-electron chi connectivity index (χ3n) is 3.50. The quantitative estimate of drug-likeness (QED) is 0.662. The van der Waals surface area contributed by atoms with E-state index in [1.807, 2.05) is 0 Å². The van der Waals surface area contributed by atoms with Crippen LogP contribution in [0, 0.1) is 5.41 Å². The van der Waals surface area contributed by atoms with Crippen molar-refractivity contribution in [2.75, 3.05) is 13.1 Å². The van der Waals surface area contributed by atoms with Gasteiger partial charge < -0.3 is 15.7 Å². The van der Waals surface area contributed by atoms with E-state index < -0.39 is 5.60 Å². The van der Waals surface area contributed by atoms with Gasteiger partial charge in [0.1, 0.15) is 0 Å². The third-order valence-corrected chi connectivity index (χ3v) is 3.50. The molecule has 106 valence electrons. The summed E-state index contributed by atoms with van der Waals surface area (Å²) in [6.07, 6.45) is 5.81. The van der Waals surface area contributed by atoms with Crippen molar-refractivity contribution in [1.29, 1.82) is 0 Å². The summed E-state index contributed by atoms with van der Waals surface area (Å²) in [7, 11) is 0. The van der Waals surface area contributed by atoms with Crippen molar-refractivity contribution in [1.82, 2.24) is 10.6 Å². The van der Waals surface area contributed by atoms with Crippen LogP contribution in [0.4, 0.5) is 4.79 Å². The minimum atomic E-state index is -0.664. The molecule has 2 amide bonds. The van der Waals surface area contributed by atoms with Gasteiger partial charge in [0.2, 0.25) is 0 Å². The van der Waals surface area contributed by atoms with Crippen molar-refractivity contribution in [2.24, 2.45) is 5.41 Å². The molecule has 0 aromatic carbocycles. The Labute approximate surface area is 111 Å². The molecule has 0 heterocycles. The molecule has 0 radical (unpaired) electrons. The first-order valence-electron chi connectivity index (χ1n) is 7.05. The smallest absolute Gasteiger partial charge is 0.314 e. The van der Waals surface area contributed by atoms with E-state index in [-0.39, 0.29) is 6.03 Å². The van der Waals surface area contributed by atoms with E-state index in [4.69, 9.17) is 0 Å². The number of hydrogen-bond donors (Lipinski definition) is 3. The topological polar surface area (TPSA) is 61.4 Å². The zero-order valence-corrected chi connectivity index (χ0v) is 12.0. The maximum absolute atomic E-state index is 11.5. The van der Waals surface area contributed by atoms with Gasteiger partial charge in [0.25, 0.3) is 0 Å². The zero-order chi connectivity index (χ0) is 13.6. The van der Waals surface area contributed by atoms with Crippen LogP contribution in [0.3, 0.4) is 0 Å². The zero-order valence-electron chi connectivity index (χ0n) is 12.0. The monoisotopic (exact) mass is 256 g/mol. The van der Waals surface area contributed by atoms with Crippen molar-refractivity contribution in [3.63, 3.8) is 0 Å². The molecule has 0 spiro atoms. The molecule has 0 aromatic heterocycles. The van der Waals surface area contributed by atoms with E-state index in [0.717, 1.165) is 38.5 Å². The summed E-state index contributed by atoms with van der Waals surface area (Å²) in [5.41, 5.74) is -0.347. The third kappa shape index (κ3) is 6.24. The summed E-state index contributed by atoms with van der Waals surface area (Å²) in [6, 6.07) is -0.163. The van der Waals surface area contributed by atoms with Crippen LogP contribution in [0.5, 0.6) is 0 Å². The van der Waals surface area contributed by atoms with Crippen LogP contribution in [0.2, 0.25) is 0 Å². The van der Waals surface area contributed by atoms with Crippen molar-refractivity contribution >= 4 is 6.03 Å². The fourth-order valence-corrected chi connectivity index (χ4v) is 2.34. The predicted molar refractivity (Wildman–Crippen MR) is 73.5 cm³/mol. The first kappa shape index (κ1) is 15.3. The van der Waals surface area contributed by atoms with Gasteiger partial charge in [0.05, 0.1) is 5.60 Å². The minimum absolute atomic E-state index is 0.163. The highest BCUT2D eigenvalue weighted by molar-refractivity contribution is 5.73. The number of carbonyl (C=O) groups excluding carboxylic acids is 1. The summed E-state index contributed by atoms with van der Waals surface area (Å²) in [4.78, 5) is 11.5. The molecule has 1 aliphatic carbocycles. The number of carbonyl (C=O) groups is 1. The lowest BCUT2D eigenvalue weighted by molar-refractivity contribution is 0.0501. The molecule has 4 heteroatoms. The van der Waals surface area contributed by atoms with E-state index >= 15 is 0 Å². The highest BCUT2D eigenvalue weighted by Crippen LogP contribution is 2.28. The fourth-order valence-electron chi connectivity index (χ4n) is 2.34. The fraction of sp³-hybridized carbons (Fsp3) is 0.929. The van der Waals surface area contributed by atoms with E-state index in [1.54, 1.807) is 0 Å². The standard InChI is InChI=1S/C14H28N2O2/c1-13(2,3)7-6-10-15-12(17)16-11-14(18)8-4-5-9-14/h18H,4-11H2,1-3H3,(H2,15,16,17). The second-order valence-electron chi connectivity index (χ2n) is 6.71. The summed E-state index contributed by atoms with van der Waals surface area (Å²) in [5.74, 6) is 0.